The second-order valence-corrected chi connectivity index (χ2v) is 6.51. The molecule has 0 amide bonds. The van der Waals surface area contributed by atoms with Gasteiger partial charge in [-0.05, 0) is 19.4 Å². The summed E-state index contributed by atoms with van der Waals surface area (Å²) >= 11 is 0. The standard InChI is InChI=1S/C16H16BN3O3/c1-16(22)4-5-20(8-16)7-12-18-13-10-6-9(17)2-3-11(10)23-14(13)15(21)19-12/h2-3,6,22H,4-5,7-8H2,1H3,(H,18,19,21). The van der Waals surface area contributed by atoms with Crippen LogP contribution >= 0.6 is 0 Å². The third kappa shape index (κ3) is 2.56. The SMILES string of the molecule is [B]c1ccc2oc3c(=O)[nH]c(CN4CCC(C)(O)C4)nc3c2c1. The monoisotopic (exact) mass is 309 g/mol. The zero-order valence-electron chi connectivity index (χ0n) is 12.8. The average Bonchev–Trinajstić information content (AvgIpc) is 3.00. The lowest BCUT2D eigenvalue weighted by Crippen LogP contribution is -2.30. The molecule has 1 aliphatic heterocycles. The largest absolute Gasteiger partial charge is 0.449 e. The topological polar surface area (TPSA) is 82.4 Å². The van der Waals surface area contributed by atoms with Crippen LogP contribution in [0.3, 0.4) is 0 Å². The van der Waals surface area contributed by atoms with Crippen molar-refractivity contribution in [2.24, 2.45) is 0 Å². The van der Waals surface area contributed by atoms with Gasteiger partial charge in [-0.15, -0.1) is 0 Å². The van der Waals surface area contributed by atoms with Gasteiger partial charge in [0.15, 0.2) is 0 Å². The summed E-state index contributed by atoms with van der Waals surface area (Å²) in [6.45, 7) is 3.64. The molecule has 1 saturated heterocycles. The van der Waals surface area contributed by atoms with Gasteiger partial charge in [-0.1, -0.05) is 17.6 Å². The number of hydrogen-bond acceptors (Lipinski definition) is 5. The number of H-pyrrole nitrogens is 1. The van der Waals surface area contributed by atoms with Crippen LogP contribution in [0.25, 0.3) is 22.1 Å². The Kier molecular flexibility index (Phi) is 3.11. The smallest absolute Gasteiger partial charge is 0.294 e. The molecule has 1 unspecified atom stereocenters. The van der Waals surface area contributed by atoms with Crippen molar-refractivity contribution in [1.82, 2.24) is 14.9 Å². The molecule has 2 radical (unpaired) electrons. The fourth-order valence-electron chi connectivity index (χ4n) is 3.18. The van der Waals surface area contributed by atoms with Gasteiger partial charge in [0.2, 0.25) is 5.58 Å². The Bertz CT molecular complexity index is 960. The van der Waals surface area contributed by atoms with Gasteiger partial charge in [0.1, 0.15) is 24.8 Å². The van der Waals surface area contributed by atoms with E-state index in [1.165, 1.54) is 0 Å². The van der Waals surface area contributed by atoms with Gasteiger partial charge in [0, 0.05) is 18.5 Å². The molecular formula is C16H16BN3O3. The lowest BCUT2D eigenvalue weighted by molar-refractivity contribution is 0.0676. The number of β-amino-alcohol motifs (C(OH)–C–C–N with tert-alkyl or cyclic N) is 1. The highest BCUT2D eigenvalue weighted by molar-refractivity contribution is 6.33. The zero-order valence-corrected chi connectivity index (χ0v) is 12.8. The molecule has 1 fully saturated rings. The molecule has 0 saturated carbocycles. The maximum atomic E-state index is 12.3. The molecule has 1 aromatic carbocycles. The van der Waals surface area contributed by atoms with Crippen molar-refractivity contribution in [3.8, 4) is 0 Å². The number of aliphatic hydroxyl groups is 1. The van der Waals surface area contributed by atoms with E-state index in [2.05, 4.69) is 14.9 Å². The van der Waals surface area contributed by atoms with Crippen molar-refractivity contribution in [2.75, 3.05) is 13.1 Å². The number of hydrogen-bond donors (Lipinski definition) is 2. The summed E-state index contributed by atoms with van der Waals surface area (Å²) in [7, 11) is 5.82. The van der Waals surface area contributed by atoms with Gasteiger partial charge in [-0.25, -0.2) is 4.98 Å². The first-order valence-electron chi connectivity index (χ1n) is 7.57. The van der Waals surface area contributed by atoms with Crippen LogP contribution in [-0.2, 0) is 6.54 Å². The van der Waals surface area contributed by atoms with Crippen LogP contribution in [0.15, 0.2) is 27.4 Å². The van der Waals surface area contributed by atoms with E-state index in [9.17, 15) is 9.90 Å². The van der Waals surface area contributed by atoms with Gasteiger partial charge < -0.3 is 14.5 Å². The number of likely N-dealkylation sites (tertiary alicyclic amines) is 1. The van der Waals surface area contributed by atoms with Crippen molar-refractivity contribution in [3.05, 3.63) is 34.4 Å². The number of nitrogens with one attached hydrogen (secondary N) is 1. The number of benzene rings is 1. The zero-order chi connectivity index (χ0) is 16.2. The fraction of sp³-hybridized carbons (Fsp3) is 0.375. The van der Waals surface area contributed by atoms with Gasteiger partial charge in [0.05, 0.1) is 12.1 Å². The minimum Gasteiger partial charge on any atom is -0.449 e. The summed E-state index contributed by atoms with van der Waals surface area (Å²) in [4.78, 5) is 21.7. The van der Waals surface area contributed by atoms with Crippen molar-refractivity contribution in [1.29, 1.82) is 0 Å². The highest BCUT2D eigenvalue weighted by Gasteiger charge is 2.31. The molecule has 3 aromatic rings. The van der Waals surface area contributed by atoms with Gasteiger partial charge in [-0.2, -0.15) is 0 Å². The van der Waals surface area contributed by atoms with E-state index in [0.717, 1.165) is 11.9 Å². The summed E-state index contributed by atoms with van der Waals surface area (Å²) in [6, 6.07) is 5.23. The van der Waals surface area contributed by atoms with E-state index < -0.39 is 5.60 Å². The predicted molar refractivity (Wildman–Crippen MR) is 88.0 cm³/mol. The fourth-order valence-corrected chi connectivity index (χ4v) is 3.18. The second-order valence-electron chi connectivity index (χ2n) is 6.51. The number of rotatable bonds is 2. The summed E-state index contributed by atoms with van der Waals surface area (Å²) in [5.74, 6) is 0.560. The first-order valence-corrected chi connectivity index (χ1v) is 7.57. The van der Waals surface area contributed by atoms with E-state index in [1.807, 2.05) is 6.92 Å². The van der Waals surface area contributed by atoms with Crippen LogP contribution in [0, 0.1) is 0 Å². The molecule has 2 aromatic heterocycles. The van der Waals surface area contributed by atoms with Crippen LogP contribution in [-0.4, -0.2) is 46.5 Å². The molecule has 1 atom stereocenters. The molecule has 0 spiro atoms. The Morgan fingerprint density at radius 3 is 3.09 bits per heavy atom. The number of aromatic nitrogens is 2. The molecular weight excluding hydrogens is 293 g/mol. The van der Waals surface area contributed by atoms with E-state index >= 15 is 0 Å². The number of furan rings is 1. The summed E-state index contributed by atoms with van der Waals surface area (Å²) in [5.41, 5.74) is 0.944. The molecule has 23 heavy (non-hydrogen) atoms. The maximum absolute atomic E-state index is 12.3. The van der Waals surface area contributed by atoms with Crippen LogP contribution in [0.2, 0.25) is 0 Å². The highest BCUT2D eigenvalue weighted by atomic mass is 16.3. The third-order valence-electron chi connectivity index (χ3n) is 4.30. The Balaban J connectivity index is 1.78. The molecule has 0 bridgehead atoms. The van der Waals surface area contributed by atoms with E-state index in [0.29, 0.717) is 41.9 Å². The predicted octanol–water partition coefficient (Wildman–Crippen LogP) is 0.420. The molecule has 2 N–H and O–H groups in total. The molecule has 116 valence electrons. The van der Waals surface area contributed by atoms with Crippen LogP contribution < -0.4 is 11.0 Å². The Hall–Kier alpha value is -2.12. The Labute approximate surface area is 133 Å². The molecule has 6 nitrogen and oxygen atoms in total. The number of aromatic amines is 1. The summed E-state index contributed by atoms with van der Waals surface area (Å²) < 4.78 is 5.58. The van der Waals surface area contributed by atoms with Gasteiger partial charge in [0.25, 0.3) is 5.56 Å². The van der Waals surface area contributed by atoms with Gasteiger partial charge >= 0.3 is 0 Å². The van der Waals surface area contributed by atoms with E-state index in [4.69, 9.17) is 12.3 Å². The Morgan fingerprint density at radius 1 is 1.52 bits per heavy atom. The number of nitrogens with zero attached hydrogens (tertiary/aromatic N) is 2. The molecule has 7 heteroatoms. The Morgan fingerprint density at radius 2 is 2.35 bits per heavy atom. The average molecular weight is 309 g/mol. The summed E-state index contributed by atoms with van der Waals surface area (Å²) in [6.07, 6.45) is 0.713. The van der Waals surface area contributed by atoms with Crippen molar-refractivity contribution in [3.63, 3.8) is 0 Å². The van der Waals surface area contributed by atoms with Crippen molar-refractivity contribution < 1.29 is 9.52 Å². The van der Waals surface area contributed by atoms with E-state index in [-0.39, 0.29) is 11.1 Å². The summed E-state index contributed by atoms with van der Waals surface area (Å²) in [5, 5.41) is 10.8. The van der Waals surface area contributed by atoms with Crippen LogP contribution in [0.4, 0.5) is 0 Å². The van der Waals surface area contributed by atoms with Crippen molar-refractivity contribution >= 4 is 35.4 Å². The lowest BCUT2D eigenvalue weighted by Gasteiger charge is -2.18. The molecule has 4 rings (SSSR count). The molecule has 1 aliphatic rings. The first-order chi connectivity index (χ1) is 10.9. The van der Waals surface area contributed by atoms with Crippen LogP contribution in [0.1, 0.15) is 19.2 Å². The molecule has 3 heterocycles. The third-order valence-corrected chi connectivity index (χ3v) is 4.30. The minimum absolute atomic E-state index is 0.211. The minimum atomic E-state index is -0.679. The number of fused-ring (bicyclic) bond motifs is 3. The quantitative estimate of drug-likeness (QED) is 0.671. The normalized spacial score (nSPS) is 22.3. The second kappa shape index (κ2) is 4.94. The first kappa shape index (κ1) is 14.5. The highest BCUT2D eigenvalue weighted by Crippen LogP contribution is 2.25. The molecule has 0 aliphatic carbocycles. The van der Waals surface area contributed by atoms with Crippen molar-refractivity contribution in [2.45, 2.75) is 25.5 Å². The lowest BCUT2D eigenvalue weighted by atomic mass is 9.95. The maximum Gasteiger partial charge on any atom is 0.294 e. The van der Waals surface area contributed by atoms with E-state index in [1.54, 1.807) is 18.2 Å². The van der Waals surface area contributed by atoms with Gasteiger partial charge in [-0.3, -0.25) is 9.69 Å². The van der Waals surface area contributed by atoms with Crippen LogP contribution in [0.5, 0.6) is 0 Å².